The minimum atomic E-state index is -0.678. The molecule has 2 amide bonds. The molecular weight excluding hydrogens is 492 g/mol. The largest absolute Gasteiger partial charge is 0.483 e. The topological polar surface area (TPSA) is 58.6 Å². The number of likely N-dealkylation sites (N-methyl/N-ethyl adjacent to an activating group) is 1. The Morgan fingerprint density at radius 3 is 2.29 bits per heavy atom. The highest BCUT2D eigenvalue weighted by molar-refractivity contribution is 9.10. The van der Waals surface area contributed by atoms with E-state index in [4.69, 9.17) is 4.74 Å². The number of hydrogen-bond donors (Lipinski definition) is 1. The Morgan fingerprint density at radius 1 is 0.941 bits per heavy atom. The number of carbonyl (C=O) groups excluding carboxylic acids is 2. The highest BCUT2D eigenvalue weighted by atomic mass is 79.9. The van der Waals surface area contributed by atoms with Crippen LogP contribution in [0.25, 0.3) is 0 Å². The molecule has 0 bridgehead atoms. The van der Waals surface area contributed by atoms with Crippen LogP contribution in [0.15, 0.2) is 83.3 Å². The lowest BCUT2D eigenvalue weighted by molar-refractivity contribution is -0.142. The van der Waals surface area contributed by atoms with Gasteiger partial charge in [-0.1, -0.05) is 90.4 Å². The minimum absolute atomic E-state index is 0.153. The van der Waals surface area contributed by atoms with E-state index in [-0.39, 0.29) is 24.3 Å². The molecule has 3 aromatic carbocycles. The summed E-state index contributed by atoms with van der Waals surface area (Å²) in [6.07, 6.45) is 0.406. The molecule has 0 aliphatic rings. The van der Waals surface area contributed by atoms with Crippen molar-refractivity contribution in [2.24, 2.45) is 0 Å². The number of para-hydroxylation sites is 1. The summed E-state index contributed by atoms with van der Waals surface area (Å²) < 4.78 is 6.90. The molecule has 3 rings (SSSR count). The first-order valence-electron chi connectivity index (χ1n) is 11.4. The lowest BCUT2D eigenvalue weighted by Crippen LogP contribution is -2.51. The van der Waals surface area contributed by atoms with Crippen LogP contribution in [0.2, 0.25) is 0 Å². The Morgan fingerprint density at radius 2 is 1.62 bits per heavy atom. The fourth-order valence-corrected chi connectivity index (χ4v) is 4.31. The second-order valence-corrected chi connectivity index (χ2v) is 9.37. The van der Waals surface area contributed by atoms with Gasteiger partial charge in [0.1, 0.15) is 11.8 Å². The SMILES string of the molecule is CNC(=O)[C@@H](Cc1ccccc1)N(Cc1cccc(Br)c1)C(=O)COc1ccccc1C(C)C. The maximum atomic E-state index is 13.5. The number of carbonyl (C=O) groups is 2. The molecule has 5 nitrogen and oxygen atoms in total. The molecule has 0 fully saturated rings. The molecule has 0 unspecified atom stereocenters. The van der Waals surface area contributed by atoms with Crippen molar-refractivity contribution in [2.45, 2.75) is 38.8 Å². The van der Waals surface area contributed by atoms with Crippen molar-refractivity contribution in [3.63, 3.8) is 0 Å². The Hall–Kier alpha value is -3.12. The van der Waals surface area contributed by atoms with Gasteiger partial charge in [-0.15, -0.1) is 0 Å². The minimum Gasteiger partial charge on any atom is -0.483 e. The van der Waals surface area contributed by atoms with E-state index in [0.717, 1.165) is 21.2 Å². The fourth-order valence-electron chi connectivity index (χ4n) is 3.86. The van der Waals surface area contributed by atoms with E-state index in [9.17, 15) is 9.59 Å². The van der Waals surface area contributed by atoms with Gasteiger partial charge in [0.05, 0.1) is 0 Å². The number of ether oxygens (including phenoxy) is 1. The van der Waals surface area contributed by atoms with Gasteiger partial charge in [-0.3, -0.25) is 9.59 Å². The monoisotopic (exact) mass is 522 g/mol. The van der Waals surface area contributed by atoms with Crippen molar-refractivity contribution in [1.29, 1.82) is 0 Å². The van der Waals surface area contributed by atoms with Gasteiger partial charge in [0.15, 0.2) is 6.61 Å². The Balaban J connectivity index is 1.89. The van der Waals surface area contributed by atoms with Gasteiger partial charge >= 0.3 is 0 Å². The summed E-state index contributed by atoms with van der Waals surface area (Å²) in [5.41, 5.74) is 2.95. The highest BCUT2D eigenvalue weighted by Crippen LogP contribution is 2.26. The quantitative estimate of drug-likeness (QED) is 0.391. The molecule has 0 aliphatic heterocycles. The first-order chi connectivity index (χ1) is 16.4. The van der Waals surface area contributed by atoms with Crippen molar-refractivity contribution in [1.82, 2.24) is 10.2 Å². The lowest BCUT2D eigenvalue weighted by Gasteiger charge is -2.31. The van der Waals surface area contributed by atoms with Crippen molar-refractivity contribution >= 4 is 27.7 Å². The number of nitrogens with one attached hydrogen (secondary N) is 1. The Labute approximate surface area is 210 Å². The van der Waals surface area contributed by atoms with E-state index in [1.54, 1.807) is 11.9 Å². The molecule has 0 aromatic heterocycles. The molecular formula is C28H31BrN2O3. The zero-order valence-corrected chi connectivity index (χ0v) is 21.4. The summed E-state index contributed by atoms with van der Waals surface area (Å²) in [6.45, 7) is 4.31. The third-order valence-electron chi connectivity index (χ3n) is 5.65. The van der Waals surface area contributed by atoms with Crippen LogP contribution in [0.5, 0.6) is 5.75 Å². The molecule has 6 heteroatoms. The molecule has 3 aromatic rings. The summed E-state index contributed by atoms with van der Waals surface area (Å²) in [6, 6.07) is 24.6. The maximum Gasteiger partial charge on any atom is 0.261 e. The molecule has 0 aliphatic carbocycles. The second-order valence-electron chi connectivity index (χ2n) is 8.45. The summed E-state index contributed by atoms with van der Waals surface area (Å²) in [5.74, 6) is 0.492. The van der Waals surface area contributed by atoms with Crippen molar-refractivity contribution < 1.29 is 14.3 Å². The molecule has 34 heavy (non-hydrogen) atoms. The van der Waals surface area contributed by atoms with Crippen LogP contribution < -0.4 is 10.1 Å². The molecule has 0 saturated heterocycles. The van der Waals surface area contributed by atoms with E-state index in [0.29, 0.717) is 18.7 Å². The molecule has 1 N–H and O–H groups in total. The number of halogens is 1. The summed E-state index contributed by atoms with van der Waals surface area (Å²) in [5, 5.41) is 2.73. The van der Waals surface area contributed by atoms with Crippen LogP contribution in [-0.4, -0.2) is 36.4 Å². The number of nitrogens with zero attached hydrogens (tertiary/aromatic N) is 1. The van der Waals surface area contributed by atoms with Gasteiger partial charge < -0.3 is 15.0 Å². The molecule has 1 atom stereocenters. The molecule has 0 heterocycles. The van der Waals surface area contributed by atoms with Crippen LogP contribution in [0, 0.1) is 0 Å². The lowest BCUT2D eigenvalue weighted by atomic mass is 10.0. The van der Waals surface area contributed by atoms with Crippen molar-refractivity contribution in [3.8, 4) is 5.75 Å². The van der Waals surface area contributed by atoms with E-state index in [2.05, 4.69) is 35.1 Å². The average molecular weight is 523 g/mol. The van der Waals surface area contributed by atoms with Gasteiger partial charge in [-0.2, -0.15) is 0 Å². The predicted molar refractivity (Wildman–Crippen MR) is 139 cm³/mol. The van der Waals surface area contributed by atoms with Gasteiger partial charge in [0.2, 0.25) is 5.91 Å². The summed E-state index contributed by atoms with van der Waals surface area (Å²) in [7, 11) is 1.59. The smallest absolute Gasteiger partial charge is 0.261 e. The standard InChI is InChI=1S/C28H31BrN2O3/c1-20(2)24-14-7-8-15-26(24)34-19-27(32)31(18-22-12-9-13-23(29)16-22)25(28(33)30-3)17-21-10-5-4-6-11-21/h4-16,20,25H,17-19H2,1-3H3,(H,30,33)/t25-/m1/s1. The molecule has 0 saturated carbocycles. The van der Waals surface area contributed by atoms with Gasteiger partial charge in [0.25, 0.3) is 5.91 Å². The zero-order chi connectivity index (χ0) is 24.5. The third-order valence-corrected chi connectivity index (χ3v) is 6.14. The Kier molecular flexibility index (Phi) is 9.28. The van der Waals surface area contributed by atoms with Crippen LogP contribution in [-0.2, 0) is 22.6 Å². The highest BCUT2D eigenvalue weighted by Gasteiger charge is 2.30. The van der Waals surface area contributed by atoms with E-state index in [1.807, 2.05) is 78.9 Å². The first kappa shape index (κ1) is 25.5. The maximum absolute atomic E-state index is 13.5. The normalized spacial score (nSPS) is 11.7. The predicted octanol–water partition coefficient (Wildman–Crippen LogP) is 5.34. The third kappa shape index (κ3) is 6.94. The first-order valence-corrected chi connectivity index (χ1v) is 12.2. The Bertz CT molecular complexity index is 1100. The van der Waals surface area contributed by atoms with Gasteiger partial charge in [0, 0.05) is 24.5 Å². The molecule has 178 valence electrons. The average Bonchev–Trinajstić information content (AvgIpc) is 2.85. The van der Waals surface area contributed by atoms with Crippen LogP contribution in [0.4, 0.5) is 0 Å². The summed E-state index contributed by atoms with van der Waals surface area (Å²) in [4.78, 5) is 28.1. The van der Waals surface area contributed by atoms with Gasteiger partial charge in [-0.25, -0.2) is 0 Å². The van der Waals surface area contributed by atoms with E-state index >= 15 is 0 Å². The number of rotatable bonds is 10. The van der Waals surface area contributed by atoms with Crippen molar-refractivity contribution in [3.05, 3.63) is 100 Å². The van der Waals surface area contributed by atoms with Crippen LogP contribution in [0.3, 0.4) is 0 Å². The number of hydrogen-bond acceptors (Lipinski definition) is 3. The summed E-state index contributed by atoms with van der Waals surface area (Å²) >= 11 is 3.50. The second kappa shape index (κ2) is 12.4. The van der Waals surface area contributed by atoms with Crippen molar-refractivity contribution in [2.75, 3.05) is 13.7 Å². The number of benzene rings is 3. The number of amides is 2. The van der Waals surface area contributed by atoms with E-state index < -0.39 is 6.04 Å². The van der Waals surface area contributed by atoms with Gasteiger partial charge in [-0.05, 0) is 40.8 Å². The van der Waals surface area contributed by atoms with Crippen LogP contribution in [0.1, 0.15) is 36.5 Å². The zero-order valence-electron chi connectivity index (χ0n) is 19.8. The fraction of sp³-hybridized carbons (Fsp3) is 0.286. The van der Waals surface area contributed by atoms with E-state index in [1.165, 1.54) is 0 Å². The molecule has 0 radical (unpaired) electrons. The molecule has 0 spiro atoms. The van der Waals surface area contributed by atoms with Crippen LogP contribution >= 0.6 is 15.9 Å².